The second-order valence-corrected chi connectivity index (χ2v) is 5.05. The molecule has 0 aliphatic heterocycles. The van der Waals surface area contributed by atoms with Crippen LogP contribution in [0.5, 0.6) is 0 Å². The number of hydrogen-bond donors (Lipinski definition) is 1. The number of nitrogens with one attached hydrogen (secondary N) is 1. The summed E-state index contributed by atoms with van der Waals surface area (Å²) < 4.78 is 2.08. The first-order chi connectivity index (χ1) is 9.79. The lowest BCUT2D eigenvalue weighted by molar-refractivity contribution is -0.120. The zero-order chi connectivity index (χ0) is 13.9. The summed E-state index contributed by atoms with van der Waals surface area (Å²) in [4.78, 5) is 11.4. The minimum Gasteiger partial charge on any atom is -0.349 e. The lowest BCUT2D eigenvalue weighted by Crippen LogP contribution is -2.23. The fourth-order valence-electron chi connectivity index (χ4n) is 2.21. The number of rotatable bonds is 5. The minimum absolute atomic E-state index is 0.0283. The largest absolute Gasteiger partial charge is 0.349 e. The zero-order valence-corrected chi connectivity index (χ0v) is 11.5. The van der Waals surface area contributed by atoms with E-state index < -0.39 is 0 Å². The highest BCUT2D eigenvalue weighted by Gasteiger charge is 2.30. The van der Waals surface area contributed by atoms with Gasteiger partial charge in [0.25, 0.3) is 0 Å². The summed E-state index contributed by atoms with van der Waals surface area (Å²) >= 11 is 0. The number of carbonyl (C=O) groups excluding carboxylic acids is 1. The van der Waals surface area contributed by atoms with Crippen LogP contribution in [-0.2, 0) is 11.3 Å². The first-order valence-electron chi connectivity index (χ1n) is 7.06. The third kappa shape index (κ3) is 2.57. The Morgan fingerprint density at radius 3 is 2.70 bits per heavy atom. The Hall–Kier alpha value is -2.17. The van der Waals surface area contributed by atoms with Crippen molar-refractivity contribution in [2.45, 2.75) is 38.6 Å². The highest BCUT2D eigenvalue weighted by Crippen LogP contribution is 2.40. The summed E-state index contributed by atoms with van der Waals surface area (Å²) in [6, 6.07) is 10.1. The van der Waals surface area contributed by atoms with Gasteiger partial charge in [-0.3, -0.25) is 9.36 Å². The molecule has 0 bridgehead atoms. The van der Waals surface area contributed by atoms with Crippen LogP contribution in [0.15, 0.2) is 30.3 Å². The number of benzene rings is 1. The van der Waals surface area contributed by atoms with Crippen molar-refractivity contribution in [2.75, 3.05) is 0 Å². The molecule has 1 heterocycles. The topological polar surface area (TPSA) is 59.8 Å². The molecule has 5 nitrogen and oxygen atoms in total. The zero-order valence-electron chi connectivity index (χ0n) is 11.5. The number of nitrogens with zero attached hydrogens (tertiary/aromatic N) is 3. The molecule has 104 valence electrons. The maximum atomic E-state index is 11.4. The number of hydrogen-bond acceptors (Lipinski definition) is 3. The first-order valence-corrected chi connectivity index (χ1v) is 7.06. The molecule has 0 atom stereocenters. The summed E-state index contributed by atoms with van der Waals surface area (Å²) in [6.45, 7) is 2.26. The number of carbonyl (C=O) groups is 1. The van der Waals surface area contributed by atoms with Gasteiger partial charge in [0.05, 0.1) is 6.54 Å². The van der Waals surface area contributed by atoms with E-state index in [1.54, 1.807) is 0 Å². The van der Waals surface area contributed by atoms with Crippen LogP contribution in [0.2, 0.25) is 0 Å². The Labute approximate surface area is 118 Å². The molecule has 1 aromatic carbocycles. The Balaban J connectivity index is 1.92. The van der Waals surface area contributed by atoms with Crippen LogP contribution < -0.4 is 5.32 Å². The van der Waals surface area contributed by atoms with E-state index >= 15 is 0 Å². The lowest BCUT2D eigenvalue weighted by Gasteiger charge is -2.10. The van der Waals surface area contributed by atoms with Gasteiger partial charge in [-0.15, -0.1) is 10.2 Å². The minimum atomic E-state index is 0.0283. The predicted molar refractivity (Wildman–Crippen MR) is 75.5 cm³/mol. The van der Waals surface area contributed by atoms with Gasteiger partial charge in [0.2, 0.25) is 5.91 Å². The Bertz CT molecular complexity index is 602. The van der Waals surface area contributed by atoms with E-state index in [9.17, 15) is 4.79 Å². The highest BCUT2D eigenvalue weighted by molar-refractivity contribution is 5.75. The number of para-hydroxylation sites is 1. The van der Waals surface area contributed by atoms with Gasteiger partial charge < -0.3 is 5.32 Å². The van der Waals surface area contributed by atoms with Crippen molar-refractivity contribution < 1.29 is 4.79 Å². The average molecular weight is 270 g/mol. The molecule has 0 unspecified atom stereocenters. The van der Waals surface area contributed by atoms with E-state index in [4.69, 9.17) is 0 Å². The van der Waals surface area contributed by atoms with Crippen LogP contribution in [-0.4, -0.2) is 20.7 Å². The quantitative estimate of drug-likeness (QED) is 0.905. The third-order valence-electron chi connectivity index (χ3n) is 3.48. The Morgan fingerprint density at radius 2 is 2.05 bits per heavy atom. The summed E-state index contributed by atoms with van der Waals surface area (Å²) in [5.41, 5.74) is 1.06. The molecule has 20 heavy (non-hydrogen) atoms. The normalized spacial score (nSPS) is 14.2. The SMILES string of the molecule is CCC(=O)NCc1nnc(C2CC2)n1-c1ccccc1. The fraction of sp³-hybridized carbons (Fsp3) is 0.400. The molecule has 1 aliphatic rings. The molecule has 3 rings (SSSR count). The Morgan fingerprint density at radius 1 is 1.30 bits per heavy atom. The molecule has 0 spiro atoms. The average Bonchev–Trinajstić information content (AvgIpc) is 3.25. The van der Waals surface area contributed by atoms with Gasteiger partial charge in [-0.25, -0.2) is 0 Å². The third-order valence-corrected chi connectivity index (χ3v) is 3.48. The second kappa shape index (κ2) is 5.45. The smallest absolute Gasteiger partial charge is 0.220 e. The number of amides is 1. The summed E-state index contributed by atoms with van der Waals surface area (Å²) in [6.07, 6.45) is 2.83. The molecule has 0 radical (unpaired) electrons. The van der Waals surface area contributed by atoms with Crippen molar-refractivity contribution in [3.63, 3.8) is 0 Å². The summed E-state index contributed by atoms with van der Waals surface area (Å²) in [7, 11) is 0. The van der Waals surface area contributed by atoms with Crippen molar-refractivity contribution >= 4 is 5.91 Å². The van der Waals surface area contributed by atoms with Crippen molar-refractivity contribution in [1.29, 1.82) is 0 Å². The van der Waals surface area contributed by atoms with Crippen molar-refractivity contribution in [1.82, 2.24) is 20.1 Å². The van der Waals surface area contributed by atoms with E-state index in [0.717, 1.165) is 17.3 Å². The van der Waals surface area contributed by atoms with Crippen LogP contribution in [0.3, 0.4) is 0 Å². The van der Waals surface area contributed by atoms with Gasteiger partial charge in [-0.2, -0.15) is 0 Å². The van der Waals surface area contributed by atoms with Crippen LogP contribution in [0.1, 0.15) is 43.8 Å². The molecule has 2 aromatic rings. The molecule has 0 saturated heterocycles. The molecule has 1 fully saturated rings. The van der Waals surface area contributed by atoms with E-state index in [1.807, 2.05) is 37.3 Å². The molecular formula is C15H18N4O. The maximum Gasteiger partial charge on any atom is 0.220 e. The van der Waals surface area contributed by atoms with Gasteiger partial charge in [0.1, 0.15) is 5.82 Å². The molecule has 1 aliphatic carbocycles. The van der Waals surface area contributed by atoms with Crippen LogP contribution in [0.25, 0.3) is 5.69 Å². The maximum absolute atomic E-state index is 11.4. The van der Waals surface area contributed by atoms with Crippen molar-refractivity contribution in [2.24, 2.45) is 0 Å². The van der Waals surface area contributed by atoms with Crippen LogP contribution >= 0.6 is 0 Å². The molecule has 1 N–H and O–H groups in total. The monoisotopic (exact) mass is 270 g/mol. The van der Waals surface area contributed by atoms with Crippen molar-refractivity contribution in [3.8, 4) is 5.69 Å². The first kappa shape index (κ1) is 12.8. The van der Waals surface area contributed by atoms with Gasteiger partial charge in [-0.05, 0) is 25.0 Å². The molecule has 1 amide bonds. The van der Waals surface area contributed by atoms with E-state index in [2.05, 4.69) is 20.1 Å². The van der Waals surface area contributed by atoms with E-state index in [1.165, 1.54) is 12.8 Å². The predicted octanol–water partition coefficient (Wildman–Crippen LogP) is 2.17. The van der Waals surface area contributed by atoms with E-state index in [0.29, 0.717) is 18.9 Å². The fourth-order valence-corrected chi connectivity index (χ4v) is 2.21. The highest BCUT2D eigenvalue weighted by atomic mass is 16.1. The van der Waals surface area contributed by atoms with Gasteiger partial charge in [0, 0.05) is 18.0 Å². The standard InChI is InChI=1S/C15H18N4O/c1-2-14(20)16-10-13-17-18-15(11-8-9-11)19(13)12-6-4-3-5-7-12/h3-7,11H,2,8-10H2,1H3,(H,16,20). The Kier molecular flexibility index (Phi) is 3.50. The second-order valence-electron chi connectivity index (χ2n) is 5.05. The molecule has 1 saturated carbocycles. The summed E-state index contributed by atoms with van der Waals surface area (Å²) in [5, 5.41) is 11.4. The van der Waals surface area contributed by atoms with Crippen LogP contribution in [0, 0.1) is 0 Å². The molecule has 1 aromatic heterocycles. The van der Waals surface area contributed by atoms with Crippen LogP contribution in [0.4, 0.5) is 0 Å². The molecule has 5 heteroatoms. The van der Waals surface area contributed by atoms with Gasteiger partial charge >= 0.3 is 0 Å². The lowest BCUT2D eigenvalue weighted by atomic mass is 10.3. The van der Waals surface area contributed by atoms with E-state index in [-0.39, 0.29) is 5.91 Å². The van der Waals surface area contributed by atoms with Gasteiger partial charge in [0.15, 0.2) is 5.82 Å². The summed E-state index contributed by atoms with van der Waals surface area (Å²) in [5.74, 6) is 2.34. The van der Waals surface area contributed by atoms with Gasteiger partial charge in [-0.1, -0.05) is 25.1 Å². The number of aromatic nitrogens is 3. The molecular weight excluding hydrogens is 252 g/mol. The van der Waals surface area contributed by atoms with Crippen molar-refractivity contribution in [3.05, 3.63) is 42.0 Å².